The number of Topliss-reactive ketones (excluding diaryl/α,β-unsaturated/α-hetero) is 5. The number of carbonyl (C=O) groups excluding carboxylic acids is 5. The van der Waals surface area contributed by atoms with E-state index in [9.17, 15) is 24.0 Å². The molecule has 0 fully saturated rings. The van der Waals surface area contributed by atoms with Crippen molar-refractivity contribution in [1.29, 1.82) is 0 Å². The van der Waals surface area contributed by atoms with Crippen LogP contribution >= 0.6 is 0 Å². The monoisotopic (exact) mass is 859 g/mol. The van der Waals surface area contributed by atoms with Crippen molar-refractivity contribution in [2.45, 2.75) is 220 Å². The molecule has 4 atom stereocenters. The van der Waals surface area contributed by atoms with E-state index < -0.39 is 0 Å². The van der Waals surface area contributed by atoms with Gasteiger partial charge in [-0.2, -0.15) is 0 Å². The summed E-state index contributed by atoms with van der Waals surface area (Å²) in [6.07, 6.45) is 18.3. The van der Waals surface area contributed by atoms with E-state index in [-0.39, 0.29) is 5.41 Å². The summed E-state index contributed by atoms with van der Waals surface area (Å²) in [7, 11) is 7.84. The third kappa shape index (κ3) is 58.3. The van der Waals surface area contributed by atoms with E-state index in [1.807, 2.05) is 83.6 Å². The van der Waals surface area contributed by atoms with Crippen molar-refractivity contribution in [3.63, 3.8) is 0 Å². The topological polar surface area (TPSA) is 133 Å². The second-order valence-corrected chi connectivity index (χ2v) is 16.3. The van der Waals surface area contributed by atoms with Gasteiger partial charge < -0.3 is 21.3 Å². The average Bonchev–Trinajstić information content (AvgIpc) is 3.22. The molecular weight excluding hydrogens is 749 g/mol. The van der Waals surface area contributed by atoms with E-state index in [4.69, 9.17) is 0 Å². The second kappa shape index (κ2) is 57.2. The summed E-state index contributed by atoms with van der Waals surface area (Å²) in [6, 6.07) is 0. The molecule has 0 rings (SSSR count). The van der Waals surface area contributed by atoms with E-state index in [1.165, 1.54) is 51.4 Å². The van der Waals surface area contributed by atoms with E-state index in [1.54, 1.807) is 27.7 Å². The minimum absolute atomic E-state index is 0.130. The van der Waals surface area contributed by atoms with Gasteiger partial charge in [-0.3, -0.25) is 24.0 Å². The molecule has 4 N–H and O–H groups in total. The van der Waals surface area contributed by atoms with E-state index in [2.05, 4.69) is 49.0 Å². The van der Waals surface area contributed by atoms with Gasteiger partial charge in [-0.05, 0) is 159 Å². The second-order valence-electron chi connectivity index (χ2n) is 16.3. The molecule has 0 aliphatic rings. The Morgan fingerprint density at radius 1 is 0.383 bits per heavy atom. The van der Waals surface area contributed by atoms with Gasteiger partial charge in [-0.25, -0.2) is 0 Å². The molecule has 0 aliphatic heterocycles. The molecule has 0 unspecified atom stereocenters. The fourth-order valence-electron chi connectivity index (χ4n) is 6.08. The van der Waals surface area contributed by atoms with Crippen molar-refractivity contribution in [2.75, 3.05) is 54.4 Å². The number of nitrogens with one attached hydrogen (secondary N) is 4. The first-order chi connectivity index (χ1) is 28.4. The predicted molar refractivity (Wildman–Crippen MR) is 266 cm³/mol. The number of ketones is 5. The van der Waals surface area contributed by atoms with Crippen LogP contribution in [0, 0.1) is 29.1 Å². The summed E-state index contributed by atoms with van der Waals surface area (Å²) in [4.78, 5) is 54.9. The third-order valence-corrected chi connectivity index (χ3v) is 10.3. The van der Waals surface area contributed by atoms with Crippen LogP contribution in [0.1, 0.15) is 220 Å². The van der Waals surface area contributed by atoms with Crippen LogP contribution in [-0.2, 0) is 24.0 Å². The first-order valence-corrected chi connectivity index (χ1v) is 24.5. The molecule has 0 heterocycles. The van der Waals surface area contributed by atoms with Crippen molar-refractivity contribution < 1.29 is 24.0 Å². The Kier molecular flexibility index (Phi) is 69.2. The van der Waals surface area contributed by atoms with E-state index in [0.29, 0.717) is 59.0 Å². The van der Waals surface area contributed by atoms with Gasteiger partial charge in [0.1, 0.15) is 28.9 Å². The average molecular weight is 859 g/mol. The Balaban J connectivity index is -0.000000115. The Morgan fingerprint density at radius 2 is 0.567 bits per heavy atom. The van der Waals surface area contributed by atoms with E-state index >= 15 is 0 Å². The van der Waals surface area contributed by atoms with Gasteiger partial charge in [0.05, 0.1) is 0 Å². The Bertz CT molecular complexity index is 800. The fraction of sp³-hybridized carbons (Fsp3) is 0.902. The molecule has 0 saturated heterocycles. The van der Waals surface area contributed by atoms with Crippen LogP contribution in [-0.4, -0.2) is 83.3 Å². The van der Waals surface area contributed by atoms with Gasteiger partial charge in [0, 0.05) is 35.5 Å². The smallest absolute Gasteiger partial charge is 0.137 e. The Labute approximate surface area is 376 Å². The Morgan fingerprint density at radius 3 is 0.650 bits per heavy atom. The lowest BCUT2D eigenvalue weighted by molar-refractivity contribution is -0.126. The van der Waals surface area contributed by atoms with Crippen LogP contribution in [0.2, 0.25) is 0 Å². The van der Waals surface area contributed by atoms with Crippen molar-refractivity contribution >= 4 is 28.9 Å². The van der Waals surface area contributed by atoms with Crippen LogP contribution in [0.15, 0.2) is 0 Å². The number of unbranched alkanes of at least 4 members (excludes halogenated alkanes) is 4. The van der Waals surface area contributed by atoms with Gasteiger partial charge in [-0.1, -0.05) is 109 Å². The molecule has 364 valence electrons. The zero-order valence-corrected chi connectivity index (χ0v) is 44.2. The molecule has 9 heteroatoms. The summed E-state index contributed by atoms with van der Waals surface area (Å²) >= 11 is 0. The number of carbonyl (C=O) groups is 5. The lowest BCUT2D eigenvalue weighted by Crippen LogP contribution is -2.18. The predicted octanol–water partition coefficient (Wildman–Crippen LogP) is 12.0. The number of hydrogen-bond acceptors (Lipinski definition) is 9. The standard InChI is InChI=1S/4C10H21NO.C7H14O.2C2H6/c4*1-4-10(9(2)12)7-5-6-8-11-3;1-5-6(8)7(2,3)4;2*1-2/h4*10-11H,4-8H2,1-3H3;5H2,1-4H3;2*1-2H3/t4*10-;;;/m0000.../s1. The largest absolute Gasteiger partial charge is 0.320 e. The number of hydrogen-bond donors (Lipinski definition) is 4. The quantitative estimate of drug-likeness (QED) is 0.0543. The first kappa shape index (κ1) is 72.6. The molecule has 9 nitrogen and oxygen atoms in total. The highest BCUT2D eigenvalue weighted by molar-refractivity contribution is 5.83. The SMILES string of the molecule is CC.CC.CCC(=O)C(C)(C)C.CC[C@@H](CCCCNC)C(C)=O.CC[C@@H](CCCCNC)C(C)=O.CC[C@@H](CCCCNC)C(C)=O.CC[C@@H](CCCCNC)C(C)=O. The normalized spacial score (nSPS) is 12.1. The van der Waals surface area contributed by atoms with Gasteiger partial charge in [-0.15, -0.1) is 0 Å². The summed E-state index contributed by atoms with van der Waals surface area (Å²) in [6.45, 7) is 35.1. The molecule has 0 bridgehead atoms. The molecule has 0 amide bonds. The van der Waals surface area contributed by atoms with Crippen LogP contribution in [0.5, 0.6) is 0 Å². The zero-order chi connectivity index (χ0) is 48.4. The van der Waals surface area contributed by atoms with Gasteiger partial charge >= 0.3 is 0 Å². The number of rotatable bonds is 29. The van der Waals surface area contributed by atoms with Crippen molar-refractivity contribution in [3.8, 4) is 0 Å². The molecule has 0 aliphatic carbocycles. The third-order valence-electron chi connectivity index (χ3n) is 10.3. The summed E-state index contributed by atoms with van der Waals surface area (Å²) in [5, 5.41) is 12.4. The lowest BCUT2D eigenvalue weighted by atomic mass is 9.90. The molecule has 60 heavy (non-hydrogen) atoms. The molecule has 0 radical (unpaired) electrons. The lowest BCUT2D eigenvalue weighted by Gasteiger charge is -2.13. The molecular formula is C51H110N4O5. The Hall–Kier alpha value is -1.81. The highest BCUT2D eigenvalue weighted by atomic mass is 16.1. The van der Waals surface area contributed by atoms with Crippen LogP contribution in [0.4, 0.5) is 0 Å². The summed E-state index contributed by atoms with van der Waals surface area (Å²) in [5.74, 6) is 2.96. The van der Waals surface area contributed by atoms with E-state index in [0.717, 1.165) is 77.5 Å². The highest BCUT2D eigenvalue weighted by Gasteiger charge is 2.18. The maximum Gasteiger partial charge on any atom is 0.137 e. The molecule has 0 aromatic carbocycles. The molecule has 0 saturated carbocycles. The maximum absolute atomic E-state index is 11.0. The van der Waals surface area contributed by atoms with Gasteiger partial charge in [0.25, 0.3) is 0 Å². The summed E-state index contributed by atoms with van der Waals surface area (Å²) in [5.41, 5.74) is -0.130. The van der Waals surface area contributed by atoms with Crippen molar-refractivity contribution in [2.24, 2.45) is 29.1 Å². The zero-order valence-electron chi connectivity index (χ0n) is 44.2. The highest BCUT2D eigenvalue weighted by Crippen LogP contribution is 2.16. The fourth-order valence-corrected chi connectivity index (χ4v) is 6.08. The van der Waals surface area contributed by atoms with Gasteiger partial charge in [0.15, 0.2) is 0 Å². The van der Waals surface area contributed by atoms with Crippen LogP contribution in [0.25, 0.3) is 0 Å². The summed E-state index contributed by atoms with van der Waals surface area (Å²) < 4.78 is 0. The van der Waals surface area contributed by atoms with Crippen LogP contribution < -0.4 is 21.3 Å². The maximum atomic E-state index is 11.0. The molecule has 0 aromatic heterocycles. The minimum atomic E-state index is -0.130. The van der Waals surface area contributed by atoms with Crippen LogP contribution in [0.3, 0.4) is 0 Å². The van der Waals surface area contributed by atoms with Gasteiger partial charge in [0.2, 0.25) is 0 Å². The first-order valence-electron chi connectivity index (χ1n) is 24.5. The molecule has 0 spiro atoms. The van der Waals surface area contributed by atoms with Crippen molar-refractivity contribution in [3.05, 3.63) is 0 Å². The molecule has 0 aromatic rings. The van der Waals surface area contributed by atoms with Crippen molar-refractivity contribution in [1.82, 2.24) is 21.3 Å². The minimum Gasteiger partial charge on any atom is -0.320 e.